The van der Waals surface area contributed by atoms with Crippen LogP contribution in [0, 0.1) is 0 Å². The molecule has 1 unspecified atom stereocenters. The quantitative estimate of drug-likeness (QED) is 0.885. The molecule has 2 atom stereocenters. The molecule has 2 amide bonds. The van der Waals surface area contributed by atoms with E-state index in [4.69, 9.17) is 9.47 Å². The van der Waals surface area contributed by atoms with Gasteiger partial charge in [-0.2, -0.15) is 0 Å². The molecule has 2 aliphatic rings. The summed E-state index contributed by atoms with van der Waals surface area (Å²) in [6.07, 6.45) is 3.19. The van der Waals surface area contributed by atoms with E-state index >= 15 is 0 Å². The van der Waals surface area contributed by atoms with Gasteiger partial charge < -0.3 is 20.1 Å². The number of urea groups is 1. The normalized spacial score (nSPS) is 24.4. The molecule has 21 heavy (non-hydrogen) atoms. The van der Waals surface area contributed by atoms with Crippen molar-refractivity contribution in [1.29, 1.82) is 0 Å². The van der Waals surface area contributed by atoms with Gasteiger partial charge in [0, 0.05) is 26.1 Å². The van der Waals surface area contributed by atoms with Gasteiger partial charge in [-0.05, 0) is 24.0 Å². The average molecular weight is 290 g/mol. The fourth-order valence-corrected chi connectivity index (χ4v) is 2.82. The van der Waals surface area contributed by atoms with Crippen LogP contribution in [0.3, 0.4) is 0 Å². The van der Waals surface area contributed by atoms with Gasteiger partial charge in [-0.1, -0.05) is 24.3 Å². The van der Waals surface area contributed by atoms with Crippen molar-refractivity contribution < 1.29 is 14.3 Å². The Labute approximate surface area is 125 Å². The van der Waals surface area contributed by atoms with E-state index < -0.39 is 0 Å². The third kappa shape index (κ3) is 3.95. The molecule has 0 saturated carbocycles. The predicted molar refractivity (Wildman–Crippen MR) is 79.1 cm³/mol. The molecule has 0 aliphatic carbocycles. The molecular formula is C16H22N2O3. The van der Waals surface area contributed by atoms with Crippen molar-refractivity contribution in [3.05, 3.63) is 35.4 Å². The largest absolute Gasteiger partial charge is 0.376 e. The van der Waals surface area contributed by atoms with E-state index in [-0.39, 0.29) is 18.2 Å². The van der Waals surface area contributed by atoms with Crippen LogP contribution in [0.4, 0.5) is 4.79 Å². The number of carbonyl (C=O) groups excluding carboxylic acids is 1. The smallest absolute Gasteiger partial charge is 0.314 e. The lowest BCUT2D eigenvalue weighted by Gasteiger charge is -2.25. The second-order valence-electron chi connectivity index (χ2n) is 5.63. The Morgan fingerprint density at radius 3 is 2.62 bits per heavy atom. The summed E-state index contributed by atoms with van der Waals surface area (Å²) in [4.78, 5) is 11.8. The Balaban J connectivity index is 1.38. The van der Waals surface area contributed by atoms with Crippen molar-refractivity contribution in [2.45, 2.75) is 38.1 Å². The van der Waals surface area contributed by atoms with Crippen LogP contribution in [0.5, 0.6) is 0 Å². The molecular weight excluding hydrogens is 268 g/mol. The lowest BCUT2D eigenvalue weighted by atomic mass is 9.99. The summed E-state index contributed by atoms with van der Waals surface area (Å²) in [5.41, 5.74) is 2.56. The number of fused-ring (bicyclic) bond motifs is 1. The Kier molecular flexibility index (Phi) is 4.72. The fourth-order valence-electron chi connectivity index (χ4n) is 2.82. The molecule has 0 bridgehead atoms. The molecule has 0 radical (unpaired) electrons. The molecule has 1 aromatic carbocycles. The maximum Gasteiger partial charge on any atom is 0.314 e. The van der Waals surface area contributed by atoms with Crippen molar-refractivity contribution in [3.63, 3.8) is 0 Å². The van der Waals surface area contributed by atoms with Gasteiger partial charge in [-0.15, -0.1) is 0 Å². The van der Waals surface area contributed by atoms with E-state index in [1.165, 1.54) is 11.1 Å². The number of rotatable bonds is 4. The molecule has 1 fully saturated rings. The number of benzene rings is 1. The molecule has 114 valence electrons. The van der Waals surface area contributed by atoms with Crippen LogP contribution in [-0.4, -0.2) is 37.9 Å². The van der Waals surface area contributed by atoms with Crippen LogP contribution >= 0.6 is 0 Å². The van der Waals surface area contributed by atoms with Crippen LogP contribution in [0.2, 0.25) is 0 Å². The summed E-state index contributed by atoms with van der Waals surface area (Å²) >= 11 is 0. The zero-order chi connectivity index (χ0) is 14.5. The van der Waals surface area contributed by atoms with Crippen molar-refractivity contribution in [1.82, 2.24) is 10.6 Å². The summed E-state index contributed by atoms with van der Waals surface area (Å²) in [5, 5.41) is 5.73. The first kappa shape index (κ1) is 14.4. The number of hydrogen-bond acceptors (Lipinski definition) is 3. The van der Waals surface area contributed by atoms with E-state index in [1.54, 1.807) is 0 Å². The van der Waals surface area contributed by atoms with Gasteiger partial charge in [-0.25, -0.2) is 4.79 Å². The third-order valence-corrected chi connectivity index (χ3v) is 4.05. The predicted octanol–water partition coefficient (Wildman–Crippen LogP) is 1.61. The number of hydrogen-bond donors (Lipinski definition) is 2. The molecule has 0 spiro atoms. The highest BCUT2D eigenvalue weighted by Crippen LogP contribution is 2.19. The Hall–Kier alpha value is -1.59. The Morgan fingerprint density at radius 1 is 1.10 bits per heavy atom. The topological polar surface area (TPSA) is 59.6 Å². The summed E-state index contributed by atoms with van der Waals surface area (Å²) in [6, 6.07) is 8.14. The molecule has 5 nitrogen and oxygen atoms in total. The van der Waals surface area contributed by atoms with Gasteiger partial charge in [0.05, 0.1) is 18.8 Å². The molecule has 0 aromatic heterocycles. The molecule has 3 rings (SSSR count). The van der Waals surface area contributed by atoms with Gasteiger partial charge in [0.2, 0.25) is 0 Å². The van der Waals surface area contributed by atoms with Crippen molar-refractivity contribution in [2.24, 2.45) is 0 Å². The van der Waals surface area contributed by atoms with E-state index in [0.717, 1.165) is 25.9 Å². The maximum atomic E-state index is 11.8. The van der Waals surface area contributed by atoms with Crippen LogP contribution in [-0.2, 0) is 22.5 Å². The zero-order valence-corrected chi connectivity index (χ0v) is 12.1. The Morgan fingerprint density at radius 2 is 1.86 bits per heavy atom. The summed E-state index contributed by atoms with van der Waals surface area (Å²) in [5.74, 6) is 0. The average Bonchev–Trinajstić information content (AvgIpc) is 3.04. The SMILES string of the molecule is O=C(NCC1CCCO1)NC[C@@H]1Cc2ccccc2CO1. The summed E-state index contributed by atoms with van der Waals surface area (Å²) < 4.78 is 11.2. The first-order valence-electron chi connectivity index (χ1n) is 7.63. The van der Waals surface area contributed by atoms with Crippen LogP contribution in [0.1, 0.15) is 24.0 Å². The highest BCUT2D eigenvalue weighted by Gasteiger charge is 2.20. The first-order chi connectivity index (χ1) is 10.3. The third-order valence-electron chi connectivity index (χ3n) is 4.05. The summed E-state index contributed by atoms with van der Waals surface area (Å²) in [7, 11) is 0. The van der Waals surface area contributed by atoms with E-state index in [2.05, 4.69) is 22.8 Å². The lowest BCUT2D eigenvalue weighted by Crippen LogP contribution is -2.44. The fraction of sp³-hybridized carbons (Fsp3) is 0.562. The van der Waals surface area contributed by atoms with E-state index in [9.17, 15) is 4.79 Å². The molecule has 1 aromatic rings. The number of nitrogens with one attached hydrogen (secondary N) is 2. The Bertz CT molecular complexity index is 486. The second kappa shape index (κ2) is 6.91. The monoisotopic (exact) mass is 290 g/mol. The molecule has 2 N–H and O–H groups in total. The van der Waals surface area contributed by atoms with E-state index in [0.29, 0.717) is 19.7 Å². The van der Waals surface area contributed by atoms with Crippen LogP contribution < -0.4 is 10.6 Å². The minimum Gasteiger partial charge on any atom is -0.376 e. The van der Waals surface area contributed by atoms with E-state index in [1.807, 2.05) is 12.1 Å². The number of amides is 2. The molecule has 1 saturated heterocycles. The zero-order valence-electron chi connectivity index (χ0n) is 12.1. The van der Waals surface area contributed by atoms with Crippen LogP contribution in [0.15, 0.2) is 24.3 Å². The van der Waals surface area contributed by atoms with Crippen molar-refractivity contribution >= 4 is 6.03 Å². The molecule has 2 aliphatic heterocycles. The number of carbonyl (C=O) groups is 1. The summed E-state index contributed by atoms with van der Waals surface area (Å²) in [6.45, 7) is 2.55. The second-order valence-corrected chi connectivity index (χ2v) is 5.63. The first-order valence-corrected chi connectivity index (χ1v) is 7.63. The molecule has 2 heterocycles. The number of ether oxygens (including phenoxy) is 2. The van der Waals surface area contributed by atoms with Gasteiger partial charge in [0.15, 0.2) is 0 Å². The van der Waals surface area contributed by atoms with Crippen molar-refractivity contribution in [3.8, 4) is 0 Å². The standard InChI is InChI=1S/C16H22N2O3/c19-16(17-9-14-6-3-7-20-14)18-10-15-8-12-4-1-2-5-13(12)11-21-15/h1-2,4-5,14-15H,3,6-11H2,(H2,17,18,19)/t14?,15-/m0/s1. The maximum absolute atomic E-state index is 11.8. The van der Waals surface area contributed by atoms with Crippen LogP contribution in [0.25, 0.3) is 0 Å². The van der Waals surface area contributed by atoms with Crippen molar-refractivity contribution in [2.75, 3.05) is 19.7 Å². The van der Waals surface area contributed by atoms with Gasteiger partial charge in [0.1, 0.15) is 0 Å². The van der Waals surface area contributed by atoms with Gasteiger partial charge in [-0.3, -0.25) is 0 Å². The van der Waals surface area contributed by atoms with Gasteiger partial charge in [0.25, 0.3) is 0 Å². The lowest BCUT2D eigenvalue weighted by molar-refractivity contribution is 0.0304. The minimum absolute atomic E-state index is 0.0494. The van der Waals surface area contributed by atoms with Gasteiger partial charge >= 0.3 is 6.03 Å². The highest BCUT2D eigenvalue weighted by atomic mass is 16.5. The molecule has 5 heteroatoms. The minimum atomic E-state index is -0.145. The highest BCUT2D eigenvalue weighted by molar-refractivity contribution is 5.73.